The van der Waals surface area contributed by atoms with Crippen LogP contribution in [0, 0.1) is 18.3 Å². The molecule has 0 atom stereocenters. The highest BCUT2D eigenvalue weighted by Crippen LogP contribution is 2.36. The van der Waals surface area contributed by atoms with Gasteiger partial charge < -0.3 is 9.84 Å². The lowest BCUT2D eigenvalue weighted by Gasteiger charge is -2.23. The maximum atomic E-state index is 11.7. The first-order chi connectivity index (χ1) is 8.23. The van der Waals surface area contributed by atoms with Gasteiger partial charge in [-0.3, -0.25) is 0 Å². The Bertz CT molecular complexity index is 533. The number of nitrogens with zero attached hydrogens (tertiary/aromatic N) is 1. The van der Waals surface area contributed by atoms with E-state index in [0.717, 1.165) is 0 Å². The van der Waals surface area contributed by atoms with Crippen LogP contribution in [0.3, 0.4) is 0 Å². The van der Waals surface area contributed by atoms with Crippen LogP contribution < -0.4 is 0 Å². The van der Waals surface area contributed by atoms with Crippen molar-refractivity contribution >= 4 is 5.97 Å². The number of benzene rings is 1. The number of rotatable bonds is 1. The van der Waals surface area contributed by atoms with Crippen LogP contribution in [0.5, 0.6) is 5.75 Å². The number of carbonyl (C=O) groups excluding carboxylic acids is 1. The van der Waals surface area contributed by atoms with Crippen molar-refractivity contribution in [3.05, 3.63) is 28.3 Å². The van der Waals surface area contributed by atoms with E-state index in [1.807, 2.05) is 26.8 Å². The van der Waals surface area contributed by atoms with Crippen LogP contribution in [0.15, 0.2) is 6.07 Å². The van der Waals surface area contributed by atoms with Gasteiger partial charge in [-0.25, -0.2) is 4.79 Å². The van der Waals surface area contributed by atoms with Crippen molar-refractivity contribution < 1.29 is 14.6 Å². The Kier molecular flexibility index (Phi) is 3.66. The smallest absolute Gasteiger partial charge is 0.341 e. The summed E-state index contributed by atoms with van der Waals surface area (Å²) >= 11 is 0. The van der Waals surface area contributed by atoms with Crippen molar-refractivity contribution in [2.24, 2.45) is 0 Å². The summed E-state index contributed by atoms with van der Waals surface area (Å²) in [5, 5.41) is 19.3. The summed E-state index contributed by atoms with van der Waals surface area (Å²) < 4.78 is 4.66. The van der Waals surface area contributed by atoms with Crippen LogP contribution in [-0.4, -0.2) is 18.2 Å². The van der Waals surface area contributed by atoms with E-state index in [1.165, 1.54) is 7.11 Å². The number of carbonyl (C=O) groups is 1. The van der Waals surface area contributed by atoms with Gasteiger partial charge in [-0.15, -0.1) is 0 Å². The molecule has 1 N–H and O–H groups in total. The molecule has 0 bridgehead atoms. The van der Waals surface area contributed by atoms with Gasteiger partial charge in [-0.1, -0.05) is 20.8 Å². The van der Waals surface area contributed by atoms with Gasteiger partial charge in [-0.2, -0.15) is 5.26 Å². The molecule has 0 fully saturated rings. The van der Waals surface area contributed by atoms with Crippen LogP contribution in [-0.2, 0) is 10.2 Å². The Balaban J connectivity index is 3.71. The molecule has 0 aliphatic carbocycles. The molecule has 18 heavy (non-hydrogen) atoms. The number of aromatic hydroxyl groups is 1. The lowest BCUT2D eigenvalue weighted by atomic mass is 9.82. The number of phenols is 1. The third kappa shape index (κ3) is 2.30. The molecule has 0 amide bonds. The first-order valence-corrected chi connectivity index (χ1v) is 5.59. The van der Waals surface area contributed by atoms with Crippen molar-refractivity contribution in [1.82, 2.24) is 0 Å². The maximum absolute atomic E-state index is 11.7. The number of ether oxygens (including phenoxy) is 1. The molecule has 4 nitrogen and oxygen atoms in total. The van der Waals surface area contributed by atoms with Crippen molar-refractivity contribution in [2.45, 2.75) is 33.1 Å². The number of nitriles is 1. The van der Waals surface area contributed by atoms with E-state index in [0.29, 0.717) is 16.7 Å². The molecule has 1 aromatic rings. The van der Waals surface area contributed by atoms with Gasteiger partial charge in [0.25, 0.3) is 0 Å². The third-order valence-corrected chi connectivity index (χ3v) is 2.88. The monoisotopic (exact) mass is 247 g/mol. The topological polar surface area (TPSA) is 70.3 Å². The minimum Gasteiger partial charge on any atom is -0.507 e. The highest BCUT2D eigenvalue weighted by molar-refractivity contribution is 5.95. The number of esters is 1. The number of methoxy groups -OCH3 is 1. The fourth-order valence-electron chi connectivity index (χ4n) is 1.81. The Hall–Kier alpha value is -2.02. The molecule has 1 aromatic carbocycles. The van der Waals surface area contributed by atoms with Crippen molar-refractivity contribution in [3.63, 3.8) is 0 Å². The molecule has 0 radical (unpaired) electrons. The minimum absolute atomic E-state index is 0.0708. The lowest BCUT2D eigenvalue weighted by Crippen LogP contribution is -2.15. The van der Waals surface area contributed by atoms with Gasteiger partial charge in [0.15, 0.2) is 0 Å². The maximum Gasteiger partial charge on any atom is 0.341 e. The summed E-state index contributed by atoms with van der Waals surface area (Å²) in [6.45, 7) is 7.33. The van der Waals surface area contributed by atoms with E-state index in [1.54, 1.807) is 13.0 Å². The summed E-state index contributed by atoms with van der Waals surface area (Å²) in [6.07, 6.45) is 0. The number of phenolic OH excluding ortho intramolecular Hbond substituents is 1. The molecule has 1 rings (SSSR count). The van der Waals surface area contributed by atoms with E-state index in [9.17, 15) is 9.90 Å². The van der Waals surface area contributed by atoms with E-state index in [2.05, 4.69) is 4.74 Å². The van der Waals surface area contributed by atoms with E-state index >= 15 is 0 Å². The fourth-order valence-corrected chi connectivity index (χ4v) is 1.81. The first kappa shape index (κ1) is 14.0. The van der Waals surface area contributed by atoms with Crippen molar-refractivity contribution in [1.29, 1.82) is 5.26 Å². The molecule has 0 spiro atoms. The van der Waals surface area contributed by atoms with E-state index in [4.69, 9.17) is 5.26 Å². The Morgan fingerprint density at radius 2 is 2.00 bits per heavy atom. The molecule has 0 aromatic heterocycles. The summed E-state index contributed by atoms with van der Waals surface area (Å²) in [5.74, 6) is -0.738. The summed E-state index contributed by atoms with van der Waals surface area (Å²) in [7, 11) is 1.25. The molecule has 0 heterocycles. The molecular weight excluding hydrogens is 230 g/mol. The number of hydrogen-bond acceptors (Lipinski definition) is 4. The first-order valence-electron chi connectivity index (χ1n) is 5.59. The second-order valence-corrected chi connectivity index (χ2v) is 5.17. The minimum atomic E-state index is -0.632. The van der Waals surface area contributed by atoms with Gasteiger partial charge in [0.2, 0.25) is 0 Å². The molecule has 0 saturated heterocycles. The van der Waals surface area contributed by atoms with Crippen LogP contribution in [0.1, 0.15) is 47.8 Å². The zero-order valence-corrected chi connectivity index (χ0v) is 11.3. The zero-order valence-electron chi connectivity index (χ0n) is 11.3. The molecule has 0 saturated carbocycles. The standard InChI is InChI=1S/C14H17NO3/c1-8-9(7-15)6-10(14(2,3)4)12(16)11(8)13(17)18-5/h6,16H,1-5H3. The average molecular weight is 247 g/mol. The largest absolute Gasteiger partial charge is 0.507 e. The molecule has 0 aliphatic rings. The fraction of sp³-hybridized carbons (Fsp3) is 0.429. The highest BCUT2D eigenvalue weighted by atomic mass is 16.5. The van der Waals surface area contributed by atoms with Crippen molar-refractivity contribution in [3.8, 4) is 11.8 Å². The van der Waals surface area contributed by atoms with Gasteiger partial charge >= 0.3 is 5.97 Å². The molecule has 0 unspecified atom stereocenters. The van der Waals surface area contributed by atoms with E-state index in [-0.39, 0.29) is 16.7 Å². The summed E-state index contributed by atoms with van der Waals surface area (Å²) in [6, 6.07) is 3.66. The van der Waals surface area contributed by atoms with Crippen molar-refractivity contribution in [2.75, 3.05) is 7.11 Å². The van der Waals surface area contributed by atoms with E-state index < -0.39 is 5.97 Å². The summed E-state index contributed by atoms with van der Waals surface area (Å²) in [4.78, 5) is 11.7. The third-order valence-electron chi connectivity index (χ3n) is 2.88. The molecular formula is C14H17NO3. The second-order valence-electron chi connectivity index (χ2n) is 5.17. The number of hydrogen-bond donors (Lipinski definition) is 1. The van der Waals surface area contributed by atoms with Crippen LogP contribution in [0.25, 0.3) is 0 Å². The SMILES string of the molecule is COC(=O)c1c(C)c(C#N)cc(C(C)(C)C)c1O. The molecule has 4 heteroatoms. The highest BCUT2D eigenvalue weighted by Gasteiger charge is 2.27. The Labute approximate surface area is 107 Å². The van der Waals surface area contributed by atoms with Gasteiger partial charge in [0.1, 0.15) is 11.3 Å². The Morgan fingerprint density at radius 3 is 2.39 bits per heavy atom. The average Bonchev–Trinajstić information content (AvgIpc) is 2.27. The lowest BCUT2D eigenvalue weighted by molar-refractivity contribution is 0.0596. The molecule has 0 aliphatic heterocycles. The predicted molar refractivity (Wildman–Crippen MR) is 67.6 cm³/mol. The normalized spacial score (nSPS) is 10.9. The van der Waals surface area contributed by atoms with Crippen LogP contribution >= 0.6 is 0 Å². The van der Waals surface area contributed by atoms with Gasteiger partial charge in [0, 0.05) is 5.56 Å². The zero-order chi connectivity index (χ0) is 14.1. The van der Waals surface area contributed by atoms with Crippen LogP contribution in [0.2, 0.25) is 0 Å². The van der Waals surface area contributed by atoms with Crippen LogP contribution in [0.4, 0.5) is 0 Å². The van der Waals surface area contributed by atoms with Gasteiger partial charge in [-0.05, 0) is 24.0 Å². The van der Waals surface area contributed by atoms with Gasteiger partial charge in [0.05, 0.1) is 18.7 Å². The predicted octanol–water partition coefficient (Wildman–Crippen LogP) is 2.66. The second kappa shape index (κ2) is 4.69. The Morgan fingerprint density at radius 1 is 1.44 bits per heavy atom. The summed E-state index contributed by atoms with van der Waals surface area (Å²) in [5.41, 5.74) is 1.08. The quantitative estimate of drug-likeness (QED) is 0.774. The molecule has 96 valence electrons.